The predicted octanol–water partition coefficient (Wildman–Crippen LogP) is 6.28. The molecule has 0 atom stereocenters. The van der Waals surface area contributed by atoms with Crippen LogP contribution in [0.25, 0.3) is 22.3 Å². The van der Waals surface area contributed by atoms with Gasteiger partial charge in [0.1, 0.15) is 17.2 Å². The van der Waals surface area contributed by atoms with Crippen LogP contribution in [0.5, 0.6) is 0 Å². The number of carboxylic acids is 1. The van der Waals surface area contributed by atoms with Crippen LogP contribution < -0.4 is 10.2 Å². The van der Waals surface area contributed by atoms with Crippen LogP contribution >= 0.6 is 0 Å². The molecule has 39 heavy (non-hydrogen) atoms. The van der Waals surface area contributed by atoms with Gasteiger partial charge in [-0.05, 0) is 54.7 Å². The fourth-order valence-corrected chi connectivity index (χ4v) is 5.43. The van der Waals surface area contributed by atoms with Crippen LogP contribution in [-0.2, 0) is 13.0 Å². The molecule has 2 amide bonds. The second kappa shape index (κ2) is 11.7. The summed E-state index contributed by atoms with van der Waals surface area (Å²) in [6.45, 7) is 5.12. The van der Waals surface area contributed by atoms with Gasteiger partial charge in [0.2, 0.25) is 0 Å². The van der Waals surface area contributed by atoms with Gasteiger partial charge in [-0.2, -0.15) is 0 Å². The van der Waals surface area contributed by atoms with Crippen molar-refractivity contribution in [3.8, 4) is 11.1 Å². The fourth-order valence-electron chi connectivity index (χ4n) is 5.43. The Bertz CT molecular complexity index is 1470. The van der Waals surface area contributed by atoms with Crippen molar-refractivity contribution in [2.24, 2.45) is 0 Å². The van der Waals surface area contributed by atoms with E-state index in [9.17, 15) is 14.7 Å². The lowest BCUT2D eigenvalue weighted by atomic mass is 9.96. The molecule has 1 fully saturated rings. The van der Waals surface area contributed by atoms with Crippen molar-refractivity contribution in [2.75, 3.05) is 11.4 Å². The normalized spacial score (nSPS) is 13.9. The summed E-state index contributed by atoms with van der Waals surface area (Å²) < 4.78 is 2.10. The van der Waals surface area contributed by atoms with E-state index in [-0.39, 0.29) is 17.6 Å². The molecule has 0 spiro atoms. The molecular weight excluding hydrogens is 490 g/mol. The number of aryl methyl sites for hydroxylation is 1. The van der Waals surface area contributed by atoms with E-state index in [1.807, 2.05) is 55.5 Å². The van der Waals surface area contributed by atoms with Crippen molar-refractivity contribution in [1.29, 1.82) is 0 Å². The number of hydrogen-bond donors (Lipinski definition) is 2. The van der Waals surface area contributed by atoms with Crippen molar-refractivity contribution in [3.05, 3.63) is 77.6 Å². The van der Waals surface area contributed by atoms with Gasteiger partial charge in [0.25, 0.3) is 0 Å². The molecule has 0 saturated heterocycles. The number of aromatic carboxylic acids is 1. The molecule has 8 nitrogen and oxygen atoms in total. The summed E-state index contributed by atoms with van der Waals surface area (Å²) in [5.41, 5.74) is 4.42. The van der Waals surface area contributed by atoms with Gasteiger partial charge in [0.05, 0.1) is 12.1 Å². The van der Waals surface area contributed by atoms with Crippen molar-refractivity contribution in [2.45, 2.75) is 65.0 Å². The third kappa shape index (κ3) is 5.65. The molecule has 5 rings (SSSR count). The first-order chi connectivity index (χ1) is 19.0. The van der Waals surface area contributed by atoms with Gasteiger partial charge in [-0.25, -0.2) is 19.6 Å². The highest BCUT2D eigenvalue weighted by atomic mass is 16.4. The third-order valence-corrected chi connectivity index (χ3v) is 7.51. The Kier molecular flexibility index (Phi) is 7.91. The van der Waals surface area contributed by atoms with Crippen molar-refractivity contribution < 1.29 is 14.7 Å². The van der Waals surface area contributed by atoms with Crippen LogP contribution in [-0.4, -0.2) is 44.2 Å². The van der Waals surface area contributed by atoms with Gasteiger partial charge in [0.15, 0.2) is 5.65 Å². The number of pyridine rings is 1. The molecule has 0 radical (unpaired) electrons. The summed E-state index contributed by atoms with van der Waals surface area (Å²) >= 11 is 0. The summed E-state index contributed by atoms with van der Waals surface area (Å²) in [7, 11) is 0. The lowest BCUT2D eigenvalue weighted by Crippen LogP contribution is -2.46. The molecule has 1 aliphatic rings. The lowest BCUT2D eigenvalue weighted by molar-refractivity contribution is 0.0697. The van der Waals surface area contributed by atoms with Crippen molar-refractivity contribution in [1.82, 2.24) is 19.9 Å². The predicted molar refractivity (Wildman–Crippen MR) is 153 cm³/mol. The van der Waals surface area contributed by atoms with Gasteiger partial charge < -0.3 is 15.0 Å². The van der Waals surface area contributed by atoms with Crippen LogP contribution in [0, 0.1) is 0 Å². The van der Waals surface area contributed by atoms with Crippen molar-refractivity contribution >= 4 is 29.0 Å². The third-order valence-electron chi connectivity index (χ3n) is 7.51. The minimum atomic E-state index is -0.942. The molecule has 1 saturated carbocycles. The van der Waals surface area contributed by atoms with Gasteiger partial charge in [-0.15, -0.1) is 0 Å². The van der Waals surface area contributed by atoms with Crippen LogP contribution in [0.15, 0.2) is 60.7 Å². The molecule has 0 bridgehead atoms. The lowest BCUT2D eigenvalue weighted by Gasteiger charge is -2.27. The maximum absolute atomic E-state index is 13.1. The van der Waals surface area contributed by atoms with Crippen LogP contribution in [0.1, 0.15) is 67.7 Å². The number of aromatic nitrogens is 3. The zero-order valence-corrected chi connectivity index (χ0v) is 22.6. The molecule has 2 heterocycles. The average Bonchev–Trinajstić information content (AvgIpc) is 3.31. The van der Waals surface area contributed by atoms with Gasteiger partial charge in [0, 0.05) is 19.0 Å². The van der Waals surface area contributed by atoms with Crippen molar-refractivity contribution in [3.63, 3.8) is 0 Å². The SMILES string of the molecule is CCc1nc2ccc(N(CC)C(=O)NC3CCCCC3)nc2n1Cc1ccc(-c2ccccc2C(=O)O)cc1. The van der Waals surface area contributed by atoms with E-state index in [0.717, 1.165) is 60.2 Å². The number of anilines is 1. The maximum Gasteiger partial charge on any atom is 0.336 e. The summed E-state index contributed by atoms with van der Waals surface area (Å²) in [4.78, 5) is 36.2. The number of amides is 2. The zero-order valence-electron chi connectivity index (χ0n) is 22.6. The highest BCUT2D eigenvalue weighted by Gasteiger charge is 2.22. The molecule has 2 aromatic carbocycles. The highest BCUT2D eigenvalue weighted by molar-refractivity contribution is 5.96. The number of fused-ring (bicyclic) bond motifs is 1. The van der Waals surface area contributed by atoms with Crippen LogP contribution in [0.3, 0.4) is 0 Å². The molecule has 0 unspecified atom stereocenters. The van der Waals surface area contributed by atoms with Gasteiger partial charge in [-0.3, -0.25) is 4.90 Å². The number of imidazole rings is 1. The number of rotatable bonds is 8. The Hall–Kier alpha value is -4.20. The van der Waals surface area contributed by atoms with E-state index in [2.05, 4.69) is 16.8 Å². The number of carbonyl (C=O) groups excluding carboxylic acids is 1. The first-order valence-corrected chi connectivity index (χ1v) is 13.8. The summed E-state index contributed by atoms with van der Waals surface area (Å²) in [6.07, 6.45) is 6.37. The topological polar surface area (TPSA) is 100 Å². The largest absolute Gasteiger partial charge is 0.478 e. The number of nitrogens with zero attached hydrogens (tertiary/aromatic N) is 4. The number of urea groups is 1. The van der Waals surface area contributed by atoms with E-state index in [1.54, 1.807) is 17.0 Å². The number of hydrogen-bond acceptors (Lipinski definition) is 4. The van der Waals surface area contributed by atoms with E-state index in [1.165, 1.54) is 6.42 Å². The van der Waals surface area contributed by atoms with Crippen LogP contribution in [0.2, 0.25) is 0 Å². The molecule has 8 heteroatoms. The summed E-state index contributed by atoms with van der Waals surface area (Å²) in [5.74, 6) is 0.593. The van der Waals surface area contributed by atoms with E-state index >= 15 is 0 Å². The minimum Gasteiger partial charge on any atom is -0.478 e. The average molecular weight is 526 g/mol. The number of carbonyl (C=O) groups is 2. The Balaban J connectivity index is 1.42. The molecule has 1 aliphatic carbocycles. The molecule has 0 aliphatic heterocycles. The molecular formula is C31H35N5O3. The maximum atomic E-state index is 13.1. The second-order valence-electron chi connectivity index (χ2n) is 10.1. The fraction of sp³-hybridized carbons (Fsp3) is 0.355. The van der Waals surface area contributed by atoms with E-state index < -0.39 is 5.97 Å². The molecule has 4 aromatic rings. The molecule has 202 valence electrons. The standard InChI is InChI=1S/C31H35N5O3/c1-3-27-33-26-18-19-28(35(4-2)31(39)32-23-10-6-5-7-11-23)34-29(26)36(27)20-21-14-16-22(17-15-21)24-12-8-9-13-25(24)30(37)38/h8-9,12-19,23H,3-7,10-11,20H2,1-2H3,(H,32,39)(H,37,38). The highest BCUT2D eigenvalue weighted by Crippen LogP contribution is 2.26. The van der Waals surface area contributed by atoms with Gasteiger partial charge >= 0.3 is 12.0 Å². The van der Waals surface area contributed by atoms with E-state index in [4.69, 9.17) is 9.97 Å². The smallest absolute Gasteiger partial charge is 0.336 e. The summed E-state index contributed by atoms with van der Waals surface area (Å²) in [5, 5.41) is 12.8. The first kappa shape index (κ1) is 26.4. The van der Waals surface area contributed by atoms with Gasteiger partial charge in [-0.1, -0.05) is 68.7 Å². The number of nitrogens with one attached hydrogen (secondary N) is 1. The second-order valence-corrected chi connectivity index (χ2v) is 10.1. The van der Waals surface area contributed by atoms with E-state index in [0.29, 0.717) is 24.5 Å². The van der Waals surface area contributed by atoms with Crippen LogP contribution in [0.4, 0.5) is 10.6 Å². The monoisotopic (exact) mass is 525 g/mol. The Morgan fingerprint density at radius 3 is 2.41 bits per heavy atom. The minimum absolute atomic E-state index is 0.102. The first-order valence-electron chi connectivity index (χ1n) is 13.8. The number of benzene rings is 2. The quantitative estimate of drug-likeness (QED) is 0.282. The zero-order chi connectivity index (χ0) is 27.4. The Morgan fingerprint density at radius 2 is 1.72 bits per heavy atom. The number of carboxylic acid groups (broad SMARTS) is 1. The Labute approximate surface area is 228 Å². The summed E-state index contributed by atoms with van der Waals surface area (Å²) in [6, 6.07) is 18.9. The molecule has 2 aromatic heterocycles. The Morgan fingerprint density at radius 1 is 0.974 bits per heavy atom. The molecule has 2 N–H and O–H groups in total.